The van der Waals surface area contributed by atoms with Gasteiger partial charge in [0, 0.05) is 0 Å². The number of ether oxygens (including phenoxy) is 2. The van der Waals surface area contributed by atoms with Gasteiger partial charge in [0.2, 0.25) is 10.0 Å². The molecular formula is C23H31NO4S. The highest BCUT2D eigenvalue weighted by atomic mass is 32.2. The summed E-state index contributed by atoms with van der Waals surface area (Å²) in [6.07, 6.45) is 3.53. The molecule has 2 unspecified atom stereocenters. The quantitative estimate of drug-likeness (QED) is 0.561. The zero-order valence-corrected chi connectivity index (χ0v) is 18.2. The largest absolute Gasteiger partial charge is 0.497 e. The van der Waals surface area contributed by atoms with E-state index in [1.807, 2.05) is 55.5 Å². The van der Waals surface area contributed by atoms with Gasteiger partial charge in [0.1, 0.15) is 11.5 Å². The lowest BCUT2D eigenvalue weighted by Gasteiger charge is -2.30. The summed E-state index contributed by atoms with van der Waals surface area (Å²) >= 11 is 0. The van der Waals surface area contributed by atoms with E-state index in [9.17, 15) is 8.42 Å². The van der Waals surface area contributed by atoms with E-state index in [-0.39, 0.29) is 11.8 Å². The molecule has 158 valence electrons. The van der Waals surface area contributed by atoms with Crippen LogP contribution < -0.4 is 14.6 Å². The Kier molecular flexibility index (Phi) is 8.29. The molecule has 0 aliphatic carbocycles. The molecule has 0 heterocycles. The molecule has 2 N–H and O–H groups in total. The van der Waals surface area contributed by atoms with Crippen molar-refractivity contribution in [2.45, 2.75) is 31.4 Å². The van der Waals surface area contributed by atoms with E-state index in [4.69, 9.17) is 14.6 Å². The normalized spacial score (nSPS) is 13.7. The first-order valence-corrected chi connectivity index (χ1v) is 11.3. The predicted molar refractivity (Wildman–Crippen MR) is 118 cm³/mol. The van der Waals surface area contributed by atoms with E-state index in [2.05, 4.69) is 6.58 Å². The van der Waals surface area contributed by atoms with Crippen LogP contribution in [0.2, 0.25) is 0 Å². The van der Waals surface area contributed by atoms with E-state index in [0.29, 0.717) is 19.3 Å². The Bertz CT molecular complexity index is 827. The van der Waals surface area contributed by atoms with Crippen LogP contribution in [0.1, 0.15) is 24.5 Å². The summed E-state index contributed by atoms with van der Waals surface area (Å²) in [6, 6.07) is 15.4. The molecule has 0 aliphatic rings. The number of primary sulfonamides is 1. The van der Waals surface area contributed by atoms with Gasteiger partial charge in [0.25, 0.3) is 0 Å². The lowest BCUT2D eigenvalue weighted by molar-refractivity contribution is 0.381. The third-order valence-corrected chi connectivity index (χ3v) is 6.87. The summed E-state index contributed by atoms with van der Waals surface area (Å²) in [5.74, 6) is 1.22. The molecular weight excluding hydrogens is 386 g/mol. The number of hydrogen-bond donors (Lipinski definition) is 1. The molecule has 2 atom stereocenters. The molecule has 0 saturated heterocycles. The van der Waals surface area contributed by atoms with E-state index >= 15 is 0 Å². The predicted octanol–water partition coefficient (Wildman–Crippen LogP) is 3.97. The topological polar surface area (TPSA) is 78.6 Å². The lowest BCUT2D eigenvalue weighted by atomic mass is 9.84. The van der Waals surface area contributed by atoms with Crippen LogP contribution in [-0.4, -0.2) is 27.9 Å². The first-order valence-electron chi connectivity index (χ1n) is 9.66. The van der Waals surface area contributed by atoms with Crippen LogP contribution in [0.25, 0.3) is 0 Å². The van der Waals surface area contributed by atoms with Gasteiger partial charge in [-0.15, -0.1) is 6.58 Å². The molecule has 0 radical (unpaired) electrons. The van der Waals surface area contributed by atoms with E-state index in [1.54, 1.807) is 20.3 Å². The number of rotatable bonds is 11. The monoisotopic (exact) mass is 417 g/mol. The molecule has 2 aromatic rings. The maximum absolute atomic E-state index is 12.6. The van der Waals surface area contributed by atoms with Gasteiger partial charge in [-0.2, -0.15) is 0 Å². The summed E-state index contributed by atoms with van der Waals surface area (Å²) in [6.45, 7) is 5.69. The average Bonchev–Trinajstić information content (AvgIpc) is 2.68. The third-order valence-electron chi connectivity index (χ3n) is 5.26. The van der Waals surface area contributed by atoms with Crippen LogP contribution in [0.3, 0.4) is 0 Å². The number of sulfonamides is 1. The molecule has 0 fully saturated rings. The molecule has 0 saturated carbocycles. The first-order chi connectivity index (χ1) is 13.8. The van der Waals surface area contributed by atoms with Crippen molar-refractivity contribution in [2.24, 2.45) is 17.0 Å². The van der Waals surface area contributed by atoms with Crippen LogP contribution in [0, 0.1) is 11.8 Å². The van der Waals surface area contributed by atoms with Crippen molar-refractivity contribution in [3.8, 4) is 11.5 Å². The van der Waals surface area contributed by atoms with Crippen molar-refractivity contribution in [2.75, 3.05) is 14.2 Å². The van der Waals surface area contributed by atoms with E-state index in [0.717, 1.165) is 22.6 Å². The second-order valence-electron chi connectivity index (χ2n) is 7.42. The minimum absolute atomic E-state index is 0.135. The fraction of sp³-hybridized carbons (Fsp3) is 0.391. The van der Waals surface area contributed by atoms with Gasteiger partial charge in [-0.1, -0.05) is 37.3 Å². The number of benzene rings is 2. The molecule has 0 aliphatic heterocycles. The number of hydrogen-bond acceptors (Lipinski definition) is 4. The average molecular weight is 418 g/mol. The highest BCUT2D eigenvalue weighted by Crippen LogP contribution is 2.30. The molecule has 2 rings (SSSR count). The van der Waals surface area contributed by atoms with Crippen molar-refractivity contribution in [3.63, 3.8) is 0 Å². The molecule has 0 aromatic heterocycles. The highest BCUT2D eigenvalue weighted by Gasteiger charge is 2.35. The third kappa shape index (κ3) is 6.61. The Hall–Kier alpha value is -2.31. The molecule has 6 heteroatoms. The van der Waals surface area contributed by atoms with Crippen molar-refractivity contribution >= 4 is 10.0 Å². The van der Waals surface area contributed by atoms with Crippen LogP contribution in [0.15, 0.2) is 61.2 Å². The number of methoxy groups -OCH3 is 2. The Morgan fingerprint density at radius 1 is 0.931 bits per heavy atom. The minimum Gasteiger partial charge on any atom is -0.497 e. The Labute approximate surface area is 174 Å². The SMILES string of the molecule is C=CCC(C)C(C(Cc1ccc(OC)cc1)Cc1ccc(OC)cc1)S(N)(=O)=O. The van der Waals surface area contributed by atoms with Crippen molar-refractivity contribution < 1.29 is 17.9 Å². The van der Waals surface area contributed by atoms with Crippen molar-refractivity contribution in [3.05, 3.63) is 72.3 Å². The van der Waals surface area contributed by atoms with Gasteiger partial charge in [0.15, 0.2) is 0 Å². The number of nitrogens with two attached hydrogens (primary N) is 1. The van der Waals surface area contributed by atoms with E-state index in [1.165, 1.54) is 0 Å². The van der Waals surface area contributed by atoms with Gasteiger partial charge >= 0.3 is 0 Å². The summed E-state index contributed by atoms with van der Waals surface area (Å²) in [7, 11) is -0.508. The Balaban J connectivity index is 2.38. The standard InChI is InChI=1S/C23H31NO4S/c1-5-6-17(2)23(29(24,25)26)20(15-18-7-11-21(27-3)12-8-18)16-19-9-13-22(28-4)14-10-19/h5,7-14,17,20,23H,1,6,15-16H2,2-4H3,(H2,24,25,26). The fourth-order valence-electron chi connectivity index (χ4n) is 3.89. The van der Waals surface area contributed by atoms with Crippen LogP contribution in [-0.2, 0) is 22.9 Å². The van der Waals surface area contributed by atoms with Gasteiger partial charge < -0.3 is 9.47 Å². The zero-order valence-electron chi connectivity index (χ0n) is 17.4. The van der Waals surface area contributed by atoms with Gasteiger partial charge in [0.05, 0.1) is 19.5 Å². The lowest BCUT2D eigenvalue weighted by Crippen LogP contribution is -2.41. The Morgan fingerprint density at radius 3 is 1.66 bits per heavy atom. The molecule has 5 nitrogen and oxygen atoms in total. The summed E-state index contributed by atoms with van der Waals surface area (Å²) in [4.78, 5) is 0. The summed E-state index contributed by atoms with van der Waals surface area (Å²) in [5, 5.41) is 5.03. The van der Waals surface area contributed by atoms with Gasteiger partial charge in [-0.3, -0.25) is 0 Å². The minimum atomic E-state index is -3.75. The molecule has 29 heavy (non-hydrogen) atoms. The summed E-state index contributed by atoms with van der Waals surface area (Å²) < 4.78 is 35.6. The zero-order chi connectivity index (χ0) is 21.4. The van der Waals surface area contributed by atoms with Gasteiger partial charge in [-0.05, 0) is 66.5 Å². The maximum atomic E-state index is 12.6. The molecule has 0 bridgehead atoms. The second kappa shape index (κ2) is 10.5. The maximum Gasteiger partial charge on any atom is 0.212 e. The van der Waals surface area contributed by atoms with Crippen LogP contribution in [0.5, 0.6) is 11.5 Å². The van der Waals surface area contributed by atoms with Crippen LogP contribution >= 0.6 is 0 Å². The molecule has 2 aromatic carbocycles. The van der Waals surface area contributed by atoms with Crippen molar-refractivity contribution in [1.29, 1.82) is 0 Å². The van der Waals surface area contributed by atoms with E-state index < -0.39 is 15.3 Å². The Morgan fingerprint density at radius 2 is 1.34 bits per heavy atom. The second-order valence-corrected chi connectivity index (χ2v) is 9.14. The highest BCUT2D eigenvalue weighted by molar-refractivity contribution is 7.89. The smallest absolute Gasteiger partial charge is 0.212 e. The molecule has 0 amide bonds. The van der Waals surface area contributed by atoms with Crippen molar-refractivity contribution in [1.82, 2.24) is 0 Å². The van der Waals surface area contributed by atoms with Crippen LogP contribution in [0.4, 0.5) is 0 Å². The fourth-order valence-corrected chi connectivity index (χ4v) is 5.37. The first kappa shape index (κ1) is 23.0. The van der Waals surface area contributed by atoms with Gasteiger partial charge in [-0.25, -0.2) is 13.6 Å². The number of allylic oxidation sites excluding steroid dienone is 1. The summed E-state index contributed by atoms with van der Waals surface area (Å²) in [5.41, 5.74) is 2.09. The molecule has 0 spiro atoms.